The molecule has 2 aliphatic rings. The van der Waals surface area contributed by atoms with Gasteiger partial charge in [0.15, 0.2) is 0 Å². The van der Waals surface area contributed by atoms with Crippen molar-refractivity contribution >= 4 is 11.6 Å². The summed E-state index contributed by atoms with van der Waals surface area (Å²) in [5, 5.41) is 6.39. The largest absolute Gasteiger partial charge is 0.326 e. The van der Waals surface area contributed by atoms with Crippen molar-refractivity contribution in [2.75, 3.05) is 31.5 Å². The molecule has 1 aromatic carbocycles. The lowest BCUT2D eigenvalue weighted by Gasteiger charge is -2.26. The fraction of sp³-hybridized carbons (Fsp3) is 0.611. The number of benzene rings is 1. The highest BCUT2D eigenvalue weighted by Gasteiger charge is 2.20. The minimum atomic E-state index is 0.111. The Morgan fingerprint density at radius 3 is 2.86 bits per heavy atom. The van der Waals surface area contributed by atoms with Gasteiger partial charge in [0.25, 0.3) is 0 Å². The van der Waals surface area contributed by atoms with Gasteiger partial charge in [-0.15, -0.1) is 0 Å². The monoisotopic (exact) mass is 301 g/mol. The Morgan fingerprint density at radius 1 is 1.23 bits per heavy atom. The Bertz CT molecular complexity index is 491. The zero-order valence-electron chi connectivity index (χ0n) is 13.3. The number of nitrogens with zero attached hydrogens (tertiary/aromatic N) is 1. The van der Waals surface area contributed by atoms with E-state index >= 15 is 0 Å². The van der Waals surface area contributed by atoms with Crippen LogP contribution in [0.3, 0.4) is 0 Å². The SMILES string of the molecule is O=C(Nc1cccc(CN2CCCCC2)c1)C1CCCNC1. The van der Waals surface area contributed by atoms with Crippen molar-refractivity contribution in [2.24, 2.45) is 5.92 Å². The molecule has 0 aromatic heterocycles. The van der Waals surface area contributed by atoms with Crippen LogP contribution in [-0.2, 0) is 11.3 Å². The van der Waals surface area contributed by atoms with Crippen LogP contribution in [0.15, 0.2) is 24.3 Å². The lowest BCUT2D eigenvalue weighted by Crippen LogP contribution is -2.37. The van der Waals surface area contributed by atoms with Crippen molar-refractivity contribution in [1.82, 2.24) is 10.2 Å². The van der Waals surface area contributed by atoms with E-state index in [0.29, 0.717) is 0 Å². The van der Waals surface area contributed by atoms with Gasteiger partial charge in [0.05, 0.1) is 5.92 Å². The second kappa shape index (κ2) is 7.75. The average Bonchev–Trinajstić information content (AvgIpc) is 2.57. The van der Waals surface area contributed by atoms with Crippen LogP contribution in [0.2, 0.25) is 0 Å². The Hall–Kier alpha value is -1.39. The predicted molar refractivity (Wildman–Crippen MR) is 89.8 cm³/mol. The molecule has 0 radical (unpaired) electrons. The number of hydrogen-bond donors (Lipinski definition) is 2. The van der Waals surface area contributed by atoms with Gasteiger partial charge in [0.1, 0.15) is 0 Å². The lowest BCUT2D eigenvalue weighted by molar-refractivity contribution is -0.120. The number of nitrogens with one attached hydrogen (secondary N) is 2. The van der Waals surface area contributed by atoms with Crippen LogP contribution in [0.4, 0.5) is 5.69 Å². The van der Waals surface area contributed by atoms with Gasteiger partial charge in [0.2, 0.25) is 5.91 Å². The molecule has 1 aromatic rings. The molecule has 0 spiro atoms. The molecular formula is C18H27N3O. The summed E-state index contributed by atoms with van der Waals surface area (Å²) in [5.74, 6) is 0.266. The molecule has 2 fully saturated rings. The Balaban J connectivity index is 1.57. The molecule has 120 valence electrons. The lowest BCUT2D eigenvalue weighted by atomic mass is 9.98. The molecule has 4 nitrogen and oxygen atoms in total. The van der Waals surface area contributed by atoms with Crippen LogP contribution in [0.5, 0.6) is 0 Å². The Kier molecular flexibility index (Phi) is 5.46. The highest BCUT2D eigenvalue weighted by Crippen LogP contribution is 2.18. The fourth-order valence-corrected chi connectivity index (χ4v) is 3.44. The van der Waals surface area contributed by atoms with Crippen molar-refractivity contribution in [1.29, 1.82) is 0 Å². The molecule has 3 rings (SSSR count). The Labute approximate surface area is 133 Å². The van der Waals surface area contributed by atoms with Gasteiger partial charge >= 0.3 is 0 Å². The maximum Gasteiger partial charge on any atom is 0.228 e. The first kappa shape index (κ1) is 15.5. The summed E-state index contributed by atoms with van der Waals surface area (Å²) in [5.41, 5.74) is 2.23. The molecule has 4 heteroatoms. The number of carbonyl (C=O) groups excluding carboxylic acids is 1. The van der Waals surface area contributed by atoms with E-state index in [4.69, 9.17) is 0 Å². The Morgan fingerprint density at radius 2 is 2.09 bits per heavy atom. The molecule has 0 saturated carbocycles. The molecule has 0 aliphatic carbocycles. The summed E-state index contributed by atoms with van der Waals surface area (Å²) >= 11 is 0. The number of piperidine rings is 2. The van der Waals surface area contributed by atoms with E-state index in [9.17, 15) is 4.79 Å². The van der Waals surface area contributed by atoms with Crippen molar-refractivity contribution in [3.05, 3.63) is 29.8 Å². The van der Waals surface area contributed by atoms with E-state index in [2.05, 4.69) is 27.7 Å². The van der Waals surface area contributed by atoms with E-state index in [1.165, 1.54) is 37.9 Å². The molecule has 1 unspecified atom stereocenters. The number of carbonyl (C=O) groups is 1. The van der Waals surface area contributed by atoms with Gasteiger partial charge < -0.3 is 10.6 Å². The van der Waals surface area contributed by atoms with Gasteiger partial charge in [-0.2, -0.15) is 0 Å². The van der Waals surface area contributed by atoms with Crippen LogP contribution in [0, 0.1) is 5.92 Å². The fourth-order valence-electron chi connectivity index (χ4n) is 3.44. The second-order valence-corrected chi connectivity index (χ2v) is 6.57. The predicted octanol–water partition coefficient (Wildman–Crippen LogP) is 2.61. The van der Waals surface area contributed by atoms with E-state index in [1.807, 2.05) is 12.1 Å². The quantitative estimate of drug-likeness (QED) is 0.898. The smallest absolute Gasteiger partial charge is 0.228 e. The normalized spacial score (nSPS) is 23.2. The first-order valence-corrected chi connectivity index (χ1v) is 8.64. The summed E-state index contributed by atoms with van der Waals surface area (Å²) in [6.45, 7) is 5.23. The third-order valence-electron chi connectivity index (χ3n) is 4.72. The van der Waals surface area contributed by atoms with Gasteiger partial charge in [0, 0.05) is 18.8 Å². The van der Waals surface area contributed by atoms with Gasteiger partial charge in [-0.25, -0.2) is 0 Å². The molecule has 22 heavy (non-hydrogen) atoms. The summed E-state index contributed by atoms with van der Waals surface area (Å²) in [6, 6.07) is 8.33. The van der Waals surface area contributed by atoms with Crippen LogP contribution < -0.4 is 10.6 Å². The number of hydrogen-bond acceptors (Lipinski definition) is 3. The zero-order valence-corrected chi connectivity index (χ0v) is 13.3. The summed E-state index contributed by atoms with van der Waals surface area (Å²) in [7, 11) is 0. The number of amides is 1. The molecule has 2 saturated heterocycles. The average molecular weight is 301 g/mol. The minimum absolute atomic E-state index is 0.111. The number of likely N-dealkylation sites (tertiary alicyclic amines) is 1. The molecular weight excluding hydrogens is 274 g/mol. The number of rotatable bonds is 4. The van der Waals surface area contributed by atoms with Gasteiger partial charge in [-0.1, -0.05) is 18.6 Å². The molecule has 1 atom stereocenters. The molecule has 2 heterocycles. The number of anilines is 1. The van der Waals surface area contributed by atoms with E-state index < -0.39 is 0 Å². The summed E-state index contributed by atoms with van der Waals surface area (Å²) < 4.78 is 0. The highest BCUT2D eigenvalue weighted by molar-refractivity contribution is 5.92. The first-order chi connectivity index (χ1) is 10.8. The standard InChI is InChI=1S/C18H27N3O/c22-18(16-7-5-9-19-13-16)20-17-8-4-6-15(12-17)14-21-10-2-1-3-11-21/h4,6,8,12,16,19H,1-3,5,7,9-11,13-14H2,(H,20,22). The van der Waals surface area contributed by atoms with E-state index in [1.54, 1.807) is 0 Å². The summed E-state index contributed by atoms with van der Waals surface area (Å²) in [4.78, 5) is 14.8. The first-order valence-electron chi connectivity index (χ1n) is 8.64. The molecule has 2 aliphatic heterocycles. The minimum Gasteiger partial charge on any atom is -0.326 e. The van der Waals surface area contributed by atoms with Crippen LogP contribution in [0.1, 0.15) is 37.7 Å². The van der Waals surface area contributed by atoms with Crippen molar-refractivity contribution in [3.8, 4) is 0 Å². The summed E-state index contributed by atoms with van der Waals surface area (Å²) in [6.07, 6.45) is 6.07. The third kappa shape index (κ3) is 4.31. The molecule has 0 bridgehead atoms. The second-order valence-electron chi connectivity index (χ2n) is 6.57. The topological polar surface area (TPSA) is 44.4 Å². The van der Waals surface area contributed by atoms with Gasteiger partial charge in [-0.3, -0.25) is 9.69 Å². The van der Waals surface area contributed by atoms with Crippen molar-refractivity contribution in [2.45, 2.75) is 38.6 Å². The zero-order chi connectivity index (χ0) is 15.2. The third-order valence-corrected chi connectivity index (χ3v) is 4.72. The van der Waals surface area contributed by atoms with E-state index in [0.717, 1.165) is 38.2 Å². The molecule has 1 amide bonds. The highest BCUT2D eigenvalue weighted by atomic mass is 16.1. The van der Waals surface area contributed by atoms with Crippen LogP contribution >= 0.6 is 0 Å². The maximum atomic E-state index is 12.3. The van der Waals surface area contributed by atoms with Crippen molar-refractivity contribution < 1.29 is 4.79 Å². The van der Waals surface area contributed by atoms with Gasteiger partial charge in [-0.05, 0) is 63.0 Å². The van der Waals surface area contributed by atoms with E-state index in [-0.39, 0.29) is 11.8 Å². The van der Waals surface area contributed by atoms with Crippen molar-refractivity contribution in [3.63, 3.8) is 0 Å². The maximum absolute atomic E-state index is 12.3. The molecule has 2 N–H and O–H groups in total. The van der Waals surface area contributed by atoms with Crippen LogP contribution in [0.25, 0.3) is 0 Å². The van der Waals surface area contributed by atoms with Crippen LogP contribution in [-0.4, -0.2) is 37.0 Å².